The molecule has 0 aliphatic rings. The summed E-state index contributed by atoms with van der Waals surface area (Å²) >= 11 is 0. The van der Waals surface area contributed by atoms with Crippen LogP contribution in [0.25, 0.3) is 17.2 Å². The van der Waals surface area contributed by atoms with E-state index in [1.807, 2.05) is 0 Å². The maximum absolute atomic E-state index is 13.9. The van der Waals surface area contributed by atoms with Gasteiger partial charge in [0.15, 0.2) is 0 Å². The van der Waals surface area contributed by atoms with Gasteiger partial charge in [0.2, 0.25) is 5.91 Å². The van der Waals surface area contributed by atoms with Crippen molar-refractivity contribution in [2.24, 2.45) is 0 Å². The third-order valence-electron chi connectivity index (χ3n) is 6.87. The number of likely N-dealkylation sites (N-methyl/N-ethyl adjacent to an activating group) is 1. The summed E-state index contributed by atoms with van der Waals surface area (Å²) in [5.74, 6) is -2.57. The minimum absolute atomic E-state index is 0.0129. The Morgan fingerprint density at radius 1 is 0.905 bits per heavy atom. The lowest BCUT2D eigenvalue weighted by atomic mass is 9.81. The van der Waals surface area contributed by atoms with Crippen LogP contribution in [0, 0.1) is 12.7 Å². The number of aliphatic carboxylic acids is 1. The van der Waals surface area contributed by atoms with Crippen molar-refractivity contribution in [3.05, 3.63) is 88.0 Å². The van der Waals surface area contributed by atoms with E-state index in [1.54, 1.807) is 13.8 Å². The number of rotatable bonds is 7. The van der Waals surface area contributed by atoms with E-state index >= 15 is 0 Å². The molecule has 1 heterocycles. The molecule has 0 saturated carbocycles. The minimum atomic E-state index is -5.10. The molecule has 224 valence electrons. The molecule has 0 spiro atoms. The fourth-order valence-corrected chi connectivity index (χ4v) is 4.42. The van der Waals surface area contributed by atoms with E-state index in [2.05, 4.69) is 4.98 Å². The number of carboxylic acid groups (broad SMARTS) is 1. The third-order valence-corrected chi connectivity index (χ3v) is 6.87. The first-order chi connectivity index (χ1) is 19.3. The van der Waals surface area contributed by atoms with E-state index in [1.165, 1.54) is 57.4 Å². The summed E-state index contributed by atoms with van der Waals surface area (Å²) in [7, 11) is 1.28. The fourth-order valence-electron chi connectivity index (χ4n) is 4.42. The number of aryl methyl sites for hydroxylation is 1. The molecule has 5 nitrogen and oxygen atoms in total. The molecule has 0 aliphatic heterocycles. The molecule has 42 heavy (non-hydrogen) atoms. The van der Waals surface area contributed by atoms with E-state index < -0.39 is 52.2 Å². The highest BCUT2D eigenvalue weighted by Crippen LogP contribution is 2.41. The van der Waals surface area contributed by atoms with E-state index in [0.29, 0.717) is 28.8 Å². The lowest BCUT2D eigenvalue weighted by molar-refractivity contribution is -0.143. The maximum Gasteiger partial charge on any atom is 0.416 e. The molecule has 0 radical (unpaired) electrons. The largest absolute Gasteiger partial charge is 0.478 e. The molecule has 12 heteroatoms. The first-order valence-corrected chi connectivity index (χ1v) is 12.6. The average Bonchev–Trinajstić information content (AvgIpc) is 2.89. The van der Waals surface area contributed by atoms with Crippen molar-refractivity contribution in [2.45, 2.75) is 51.9 Å². The number of carbonyl (C=O) groups is 2. The number of halogens is 7. The Morgan fingerprint density at radius 3 is 1.93 bits per heavy atom. The number of carbonyl (C=O) groups excluding carboxylic acids is 1. The van der Waals surface area contributed by atoms with Gasteiger partial charge in [-0.05, 0) is 86.4 Å². The summed E-state index contributed by atoms with van der Waals surface area (Å²) in [4.78, 5) is 30.6. The monoisotopic (exact) mass is 596 g/mol. The number of hydrogen-bond donors (Lipinski definition) is 1. The third kappa shape index (κ3) is 6.80. The highest BCUT2D eigenvalue weighted by Gasteiger charge is 2.41. The Kier molecular flexibility index (Phi) is 8.90. The van der Waals surface area contributed by atoms with Gasteiger partial charge in [0, 0.05) is 18.2 Å². The van der Waals surface area contributed by atoms with Gasteiger partial charge >= 0.3 is 18.3 Å². The molecule has 3 aromatic rings. The van der Waals surface area contributed by atoms with Crippen LogP contribution in [-0.4, -0.2) is 29.0 Å². The Bertz CT molecular complexity index is 1530. The Labute approximate surface area is 237 Å². The van der Waals surface area contributed by atoms with Gasteiger partial charge in [-0.2, -0.15) is 26.3 Å². The van der Waals surface area contributed by atoms with Crippen LogP contribution in [0.2, 0.25) is 0 Å². The molecule has 3 rings (SSSR count). The maximum atomic E-state index is 13.9. The number of carboxylic acids is 1. The summed E-state index contributed by atoms with van der Waals surface area (Å²) in [6.45, 7) is 5.64. The number of amides is 1. The number of aromatic nitrogens is 1. The van der Waals surface area contributed by atoms with Crippen molar-refractivity contribution >= 4 is 23.6 Å². The van der Waals surface area contributed by atoms with Gasteiger partial charge in [-0.15, -0.1) is 0 Å². The van der Waals surface area contributed by atoms with Crippen molar-refractivity contribution in [3.8, 4) is 11.1 Å². The normalized spacial score (nSPS) is 12.8. The van der Waals surface area contributed by atoms with Crippen LogP contribution in [0.4, 0.5) is 36.4 Å². The van der Waals surface area contributed by atoms with Crippen molar-refractivity contribution in [1.29, 1.82) is 0 Å². The highest BCUT2D eigenvalue weighted by molar-refractivity contribution is 6.03. The molecule has 0 bridgehead atoms. The minimum Gasteiger partial charge on any atom is -0.478 e. The zero-order chi connectivity index (χ0) is 31.8. The molecule has 0 unspecified atom stereocenters. The molecule has 0 atom stereocenters. The number of anilines is 1. The van der Waals surface area contributed by atoms with E-state index in [4.69, 9.17) is 0 Å². The standard InChI is InChI=1S/C30H27F7N2O3/c1-6-17(26(40)41)10-22-14-24(23-8-7-21(31)9-16(23)2)25(15-38-22)39(5)27(42)28(3,4)18-11-19(29(32,33)34)13-20(12-18)30(35,36)37/h7-15H,6H2,1-5H3,(H,40,41)/b17-10+. The highest BCUT2D eigenvalue weighted by atomic mass is 19.4. The number of nitrogens with zero attached hydrogens (tertiary/aromatic N) is 2. The topological polar surface area (TPSA) is 70.5 Å². The Balaban J connectivity index is 2.21. The van der Waals surface area contributed by atoms with Crippen molar-refractivity contribution < 1.29 is 45.4 Å². The fraction of sp³-hybridized carbons (Fsp3) is 0.300. The second kappa shape index (κ2) is 11.6. The molecule has 2 aromatic carbocycles. The molecule has 1 aromatic heterocycles. The van der Waals surface area contributed by atoms with E-state index in [0.717, 1.165) is 4.90 Å². The SMILES string of the molecule is CC/C(=C\c1cc(-c2ccc(F)cc2C)c(N(C)C(=O)C(C)(C)c2cc(C(F)(F)F)cc(C(F)(F)F)c2)cn1)C(=O)O. The van der Waals surface area contributed by atoms with Gasteiger partial charge in [-0.3, -0.25) is 9.78 Å². The summed E-state index contributed by atoms with van der Waals surface area (Å²) in [6.07, 6.45) is -7.47. The molecular formula is C30H27F7N2O3. The van der Waals surface area contributed by atoms with Gasteiger partial charge in [0.1, 0.15) is 5.82 Å². The predicted octanol–water partition coefficient (Wildman–Crippen LogP) is 8.05. The van der Waals surface area contributed by atoms with Crippen molar-refractivity contribution in [3.63, 3.8) is 0 Å². The molecule has 0 saturated heterocycles. The number of hydrogen-bond acceptors (Lipinski definition) is 3. The summed E-state index contributed by atoms with van der Waals surface area (Å²) in [6, 6.07) is 6.31. The van der Waals surface area contributed by atoms with Gasteiger partial charge < -0.3 is 10.0 Å². The molecule has 0 fully saturated rings. The quantitative estimate of drug-likeness (QED) is 0.221. The summed E-state index contributed by atoms with van der Waals surface area (Å²) < 4.78 is 95.0. The number of alkyl halides is 6. The lowest BCUT2D eigenvalue weighted by Gasteiger charge is -2.32. The smallest absolute Gasteiger partial charge is 0.416 e. The van der Waals surface area contributed by atoms with Crippen LogP contribution >= 0.6 is 0 Å². The zero-order valence-electron chi connectivity index (χ0n) is 23.2. The Morgan fingerprint density at radius 2 is 1.45 bits per heavy atom. The average molecular weight is 597 g/mol. The molecule has 0 aliphatic carbocycles. The second-order valence-electron chi connectivity index (χ2n) is 10.2. The van der Waals surface area contributed by atoms with E-state index in [9.17, 15) is 45.4 Å². The van der Waals surface area contributed by atoms with Crippen LogP contribution in [0.3, 0.4) is 0 Å². The predicted molar refractivity (Wildman–Crippen MR) is 143 cm³/mol. The Hall–Kier alpha value is -4.22. The van der Waals surface area contributed by atoms with Gasteiger partial charge in [-0.1, -0.05) is 13.0 Å². The summed E-state index contributed by atoms with van der Waals surface area (Å²) in [5, 5.41) is 9.42. The van der Waals surface area contributed by atoms with Crippen LogP contribution in [0.1, 0.15) is 55.1 Å². The molecule has 1 amide bonds. The number of benzene rings is 2. The first-order valence-electron chi connectivity index (χ1n) is 12.6. The molecule has 1 N–H and O–H groups in total. The van der Waals surface area contributed by atoms with Crippen LogP contribution in [-0.2, 0) is 27.4 Å². The number of pyridine rings is 1. The first kappa shape index (κ1) is 32.3. The summed E-state index contributed by atoms with van der Waals surface area (Å²) in [5.41, 5.74) is -3.98. The van der Waals surface area contributed by atoms with Crippen molar-refractivity contribution in [2.75, 3.05) is 11.9 Å². The van der Waals surface area contributed by atoms with Gasteiger partial charge in [-0.25, -0.2) is 9.18 Å². The van der Waals surface area contributed by atoms with Crippen LogP contribution in [0.15, 0.2) is 54.2 Å². The van der Waals surface area contributed by atoms with E-state index in [-0.39, 0.29) is 29.4 Å². The van der Waals surface area contributed by atoms with Crippen LogP contribution in [0.5, 0.6) is 0 Å². The zero-order valence-corrected chi connectivity index (χ0v) is 23.2. The van der Waals surface area contributed by atoms with Crippen LogP contribution < -0.4 is 4.90 Å². The van der Waals surface area contributed by atoms with Crippen molar-refractivity contribution in [1.82, 2.24) is 4.98 Å². The lowest BCUT2D eigenvalue weighted by Crippen LogP contribution is -2.42. The van der Waals surface area contributed by atoms with Gasteiger partial charge in [0.25, 0.3) is 0 Å². The second-order valence-corrected chi connectivity index (χ2v) is 10.2. The molecular weight excluding hydrogens is 569 g/mol. The van der Waals surface area contributed by atoms with Gasteiger partial charge in [0.05, 0.1) is 34.1 Å².